The van der Waals surface area contributed by atoms with Crippen LogP contribution in [0.15, 0.2) is 24.3 Å². The second-order valence-corrected chi connectivity index (χ2v) is 6.51. The normalized spacial score (nSPS) is 20.6. The van der Waals surface area contributed by atoms with Crippen LogP contribution in [0.5, 0.6) is 0 Å². The molecule has 0 bridgehead atoms. The Bertz CT molecular complexity index is 547. The van der Waals surface area contributed by atoms with Crippen molar-refractivity contribution in [2.75, 3.05) is 13.6 Å². The SMILES string of the molecule is CN1CCC(=O)N(Cc2ccc(C3CCCCC3)cc2)C1=O. The molecule has 4 nitrogen and oxygen atoms in total. The van der Waals surface area contributed by atoms with Gasteiger partial charge in [-0.15, -0.1) is 0 Å². The summed E-state index contributed by atoms with van der Waals surface area (Å²) in [7, 11) is 1.74. The number of nitrogens with zero attached hydrogens (tertiary/aromatic N) is 2. The van der Waals surface area contributed by atoms with Crippen LogP contribution >= 0.6 is 0 Å². The van der Waals surface area contributed by atoms with Gasteiger partial charge in [0.1, 0.15) is 0 Å². The van der Waals surface area contributed by atoms with Gasteiger partial charge in [-0.2, -0.15) is 0 Å². The second-order valence-electron chi connectivity index (χ2n) is 6.51. The maximum atomic E-state index is 12.1. The Morgan fingerprint density at radius 2 is 1.73 bits per heavy atom. The van der Waals surface area contributed by atoms with Crippen molar-refractivity contribution in [3.8, 4) is 0 Å². The van der Waals surface area contributed by atoms with Crippen LogP contribution in [0.1, 0.15) is 55.6 Å². The maximum Gasteiger partial charge on any atom is 0.326 e. The number of benzene rings is 1. The van der Waals surface area contributed by atoms with Crippen molar-refractivity contribution >= 4 is 11.9 Å². The van der Waals surface area contributed by atoms with Gasteiger partial charge in [0.15, 0.2) is 0 Å². The third kappa shape index (κ3) is 3.16. The van der Waals surface area contributed by atoms with Crippen molar-refractivity contribution in [1.82, 2.24) is 9.80 Å². The van der Waals surface area contributed by atoms with E-state index in [1.807, 2.05) is 0 Å². The number of imide groups is 1. The molecule has 118 valence electrons. The molecule has 1 saturated carbocycles. The zero-order valence-corrected chi connectivity index (χ0v) is 13.3. The van der Waals surface area contributed by atoms with Crippen molar-refractivity contribution < 1.29 is 9.59 Å². The Labute approximate surface area is 132 Å². The third-order valence-corrected chi connectivity index (χ3v) is 4.92. The molecule has 1 aliphatic heterocycles. The van der Waals surface area contributed by atoms with Crippen LogP contribution in [0.2, 0.25) is 0 Å². The van der Waals surface area contributed by atoms with Crippen LogP contribution in [-0.4, -0.2) is 35.3 Å². The van der Waals surface area contributed by atoms with Gasteiger partial charge in [-0.25, -0.2) is 4.79 Å². The summed E-state index contributed by atoms with van der Waals surface area (Å²) in [5.74, 6) is 0.617. The quantitative estimate of drug-likeness (QED) is 0.857. The summed E-state index contributed by atoms with van der Waals surface area (Å²) in [6.45, 7) is 0.905. The standard InChI is InChI=1S/C18H24N2O2/c1-19-12-11-17(21)20(18(19)22)13-14-7-9-16(10-8-14)15-5-3-2-4-6-15/h7-10,15H,2-6,11-13H2,1H3. The van der Waals surface area contributed by atoms with Gasteiger partial charge in [-0.05, 0) is 29.9 Å². The number of hydrogen-bond acceptors (Lipinski definition) is 2. The second kappa shape index (κ2) is 6.51. The van der Waals surface area contributed by atoms with E-state index in [1.54, 1.807) is 11.9 Å². The highest BCUT2D eigenvalue weighted by molar-refractivity contribution is 5.96. The molecular formula is C18H24N2O2. The fourth-order valence-electron chi connectivity index (χ4n) is 3.48. The zero-order valence-electron chi connectivity index (χ0n) is 13.3. The predicted molar refractivity (Wildman–Crippen MR) is 85.5 cm³/mol. The summed E-state index contributed by atoms with van der Waals surface area (Å²) in [5.41, 5.74) is 2.42. The summed E-state index contributed by atoms with van der Waals surface area (Å²) in [4.78, 5) is 27.0. The topological polar surface area (TPSA) is 40.6 Å². The third-order valence-electron chi connectivity index (χ3n) is 4.92. The van der Waals surface area contributed by atoms with E-state index in [0.717, 1.165) is 5.56 Å². The minimum absolute atomic E-state index is 0.0699. The molecule has 1 aromatic rings. The highest BCUT2D eigenvalue weighted by Gasteiger charge is 2.29. The summed E-state index contributed by atoms with van der Waals surface area (Å²) in [5, 5.41) is 0. The van der Waals surface area contributed by atoms with Crippen molar-refractivity contribution in [2.45, 2.75) is 51.0 Å². The number of rotatable bonds is 3. The summed E-state index contributed by atoms with van der Waals surface area (Å²) in [6.07, 6.45) is 7.01. The molecule has 1 aromatic carbocycles. The summed E-state index contributed by atoms with van der Waals surface area (Å²) >= 11 is 0. The van der Waals surface area contributed by atoms with E-state index in [9.17, 15) is 9.59 Å². The van der Waals surface area contributed by atoms with E-state index in [0.29, 0.717) is 25.4 Å². The van der Waals surface area contributed by atoms with Crippen LogP contribution in [0.25, 0.3) is 0 Å². The average Bonchev–Trinajstić information content (AvgIpc) is 2.57. The molecule has 1 aliphatic carbocycles. The van der Waals surface area contributed by atoms with E-state index >= 15 is 0 Å². The van der Waals surface area contributed by atoms with Gasteiger partial charge in [0, 0.05) is 20.0 Å². The molecule has 0 unspecified atom stereocenters. The number of hydrogen-bond donors (Lipinski definition) is 0. The molecule has 2 aliphatic rings. The fraction of sp³-hybridized carbons (Fsp3) is 0.556. The summed E-state index contributed by atoms with van der Waals surface area (Å²) < 4.78 is 0. The molecule has 1 heterocycles. The molecule has 0 spiro atoms. The van der Waals surface area contributed by atoms with Gasteiger partial charge in [0.2, 0.25) is 5.91 Å². The molecule has 0 N–H and O–H groups in total. The van der Waals surface area contributed by atoms with Gasteiger partial charge in [-0.1, -0.05) is 43.5 Å². The molecule has 3 rings (SSSR count). The van der Waals surface area contributed by atoms with E-state index in [-0.39, 0.29) is 11.9 Å². The smallest absolute Gasteiger partial charge is 0.326 e. The number of amides is 3. The first-order valence-corrected chi connectivity index (χ1v) is 8.29. The van der Waals surface area contributed by atoms with Gasteiger partial charge in [0.05, 0.1) is 6.54 Å². The van der Waals surface area contributed by atoms with Crippen molar-refractivity contribution in [3.05, 3.63) is 35.4 Å². The molecule has 2 fully saturated rings. The highest BCUT2D eigenvalue weighted by Crippen LogP contribution is 2.32. The fourth-order valence-corrected chi connectivity index (χ4v) is 3.48. The average molecular weight is 300 g/mol. The number of carbonyl (C=O) groups is 2. The van der Waals surface area contributed by atoms with E-state index in [1.165, 1.54) is 42.6 Å². The zero-order chi connectivity index (χ0) is 15.5. The Morgan fingerprint density at radius 1 is 1.05 bits per heavy atom. The molecule has 1 saturated heterocycles. The Hall–Kier alpha value is -1.84. The summed E-state index contributed by atoms with van der Waals surface area (Å²) in [6, 6.07) is 8.30. The lowest BCUT2D eigenvalue weighted by atomic mass is 9.84. The first-order chi connectivity index (χ1) is 10.6. The Kier molecular flexibility index (Phi) is 4.46. The predicted octanol–water partition coefficient (Wildman–Crippen LogP) is 3.52. The van der Waals surface area contributed by atoms with Gasteiger partial charge >= 0.3 is 6.03 Å². The van der Waals surface area contributed by atoms with Crippen molar-refractivity contribution in [3.63, 3.8) is 0 Å². The molecule has 22 heavy (non-hydrogen) atoms. The van der Waals surface area contributed by atoms with Crippen LogP contribution in [0.3, 0.4) is 0 Å². The van der Waals surface area contributed by atoms with Crippen LogP contribution in [0, 0.1) is 0 Å². The molecular weight excluding hydrogens is 276 g/mol. The van der Waals surface area contributed by atoms with E-state index in [4.69, 9.17) is 0 Å². The number of urea groups is 1. The van der Waals surface area contributed by atoms with E-state index in [2.05, 4.69) is 24.3 Å². The Morgan fingerprint density at radius 3 is 2.41 bits per heavy atom. The number of carbonyl (C=O) groups excluding carboxylic acids is 2. The minimum Gasteiger partial charge on any atom is -0.327 e. The van der Waals surface area contributed by atoms with E-state index < -0.39 is 0 Å². The van der Waals surface area contributed by atoms with Gasteiger partial charge < -0.3 is 4.90 Å². The van der Waals surface area contributed by atoms with Crippen LogP contribution in [-0.2, 0) is 11.3 Å². The first kappa shape index (κ1) is 15.1. The van der Waals surface area contributed by atoms with Crippen LogP contribution < -0.4 is 0 Å². The highest BCUT2D eigenvalue weighted by atomic mass is 16.2. The minimum atomic E-state index is -0.187. The molecule has 0 aromatic heterocycles. The maximum absolute atomic E-state index is 12.1. The van der Waals surface area contributed by atoms with Gasteiger partial charge in [-0.3, -0.25) is 9.69 Å². The first-order valence-electron chi connectivity index (χ1n) is 8.29. The van der Waals surface area contributed by atoms with Crippen LogP contribution in [0.4, 0.5) is 4.79 Å². The molecule has 0 radical (unpaired) electrons. The lowest BCUT2D eigenvalue weighted by Gasteiger charge is -2.31. The Balaban J connectivity index is 1.67. The van der Waals surface area contributed by atoms with Crippen molar-refractivity contribution in [2.24, 2.45) is 0 Å². The molecule has 3 amide bonds. The molecule has 0 atom stereocenters. The monoisotopic (exact) mass is 300 g/mol. The largest absolute Gasteiger partial charge is 0.327 e. The lowest BCUT2D eigenvalue weighted by Crippen LogP contribution is -2.50. The lowest BCUT2D eigenvalue weighted by molar-refractivity contribution is -0.131. The molecule has 4 heteroatoms. The van der Waals surface area contributed by atoms with Crippen molar-refractivity contribution in [1.29, 1.82) is 0 Å². The van der Waals surface area contributed by atoms with Gasteiger partial charge in [0.25, 0.3) is 0 Å².